The van der Waals surface area contributed by atoms with Crippen LogP contribution in [0, 0.1) is 5.82 Å². The van der Waals surface area contributed by atoms with Gasteiger partial charge in [0.25, 0.3) is 5.56 Å². The Kier molecular flexibility index (Phi) is 5.46. The summed E-state index contributed by atoms with van der Waals surface area (Å²) in [5, 5.41) is 3.99. The number of hydrogen-bond acceptors (Lipinski definition) is 4. The van der Waals surface area contributed by atoms with Gasteiger partial charge in [0.05, 0.1) is 19.3 Å². The van der Waals surface area contributed by atoms with Crippen LogP contribution in [0.25, 0.3) is 0 Å². The van der Waals surface area contributed by atoms with Crippen molar-refractivity contribution in [3.8, 4) is 5.75 Å². The maximum atomic E-state index is 13.7. The molecule has 2 rings (SSSR count). The second-order valence-electron chi connectivity index (χ2n) is 4.41. The molecule has 0 amide bonds. The van der Waals surface area contributed by atoms with Gasteiger partial charge in [0.15, 0.2) is 0 Å². The summed E-state index contributed by atoms with van der Waals surface area (Å²) >= 11 is 3.19. The standard InChI is InChI=1S/C14H15BrFN3O2/c15-11-3-2-10(13(16)6-11)9-19-14(20)7-12(8-18-19)21-5-1-4-17/h2-3,6-8H,1,4-5,9,17H2. The van der Waals surface area contributed by atoms with E-state index in [-0.39, 0.29) is 17.9 Å². The van der Waals surface area contributed by atoms with E-state index in [9.17, 15) is 9.18 Å². The van der Waals surface area contributed by atoms with Gasteiger partial charge >= 0.3 is 0 Å². The van der Waals surface area contributed by atoms with E-state index in [0.717, 1.165) is 0 Å². The van der Waals surface area contributed by atoms with Crippen molar-refractivity contribution >= 4 is 15.9 Å². The van der Waals surface area contributed by atoms with Crippen LogP contribution in [0.5, 0.6) is 5.75 Å². The van der Waals surface area contributed by atoms with Crippen LogP contribution in [0.1, 0.15) is 12.0 Å². The van der Waals surface area contributed by atoms with Gasteiger partial charge in [-0.15, -0.1) is 0 Å². The van der Waals surface area contributed by atoms with Crippen molar-refractivity contribution < 1.29 is 9.13 Å². The van der Waals surface area contributed by atoms with Gasteiger partial charge in [0.2, 0.25) is 0 Å². The van der Waals surface area contributed by atoms with Crippen molar-refractivity contribution in [3.63, 3.8) is 0 Å². The third-order valence-corrected chi connectivity index (χ3v) is 3.29. The van der Waals surface area contributed by atoms with Crippen LogP contribution in [0.4, 0.5) is 4.39 Å². The molecule has 0 saturated carbocycles. The first-order chi connectivity index (χ1) is 10.1. The summed E-state index contributed by atoms with van der Waals surface area (Å²) in [6.45, 7) is 1.03. The molecular formula is C14H15BrFN3O2. The molecule has 2 aromatic rings. The molecule has 1 aromatic heterocycles. The van der Waals surface area contributed by atoms with E-state index in [1.165, 1.54) is 23.0 Å². The van der Waals surface area contributed by atoms with Crippen LogP contribution in [0.2, 0.25) is 0 Å². The van der Waals surface area contributed by atoms with Gasteiger partial charge in [-0.05, 0) is 25.1 Å². The summed E-state index contributed by atoms with van der Waals surface area (Å²) in [6, 6.07) is 6.01. The summed E-state index contributed by atoms with van der Waals surface area (Å²) in [7, 11) is 0. The molecule has 1 aromatic carbocycles. The van der Waals surface area contributed by atoms with Crippen molar-refractivity contribution in [2.45, 2.75) is 13.0 Å². The Morgan fingerprint density at radius 1 is 1.38 bits per heavy atom. The predicted octanol–water partition coefficient (Wildman–Crippen LogP) is 1.92. The van der Waals surface area contributed by atoms with Crippen LogP contribution in [-0.4, -0.2) is 22.9 Å². The van der Waals surface area contributed by atoms with E-state index < -0.39 is 0 Å². The number of rotatable bonds is 6. The maximum Gasteiger partial charge on any atom is 0.270 e. The highest BCUT2D eigenvalue weighted by Gasteiger charge is 2.07. The molecule has 0 aliphatic rings. The topological polar surface area (TPSA) is 70.1 Å². The van der Waals surface area contributed by atoms with Gasteiger partial charge in [0, 0.05) is 16.1 Å². The second-order valence-corrected chi connectivity index (χ2v) is 5.33. The van der Waals surface area contributed by atoms with E-state index in [1.807, 2.05) is 0 Å². The van der Waals surface area contributed by atoms with Crippen molar-refractivity contribution in [2.75, 3.05) is 13.2 Å². The number of ether oxygens (including phenoxy) is 1. The highest BCUT2D eigenvalue weighted by atomic mass is 79.9. The lowest BCUT2D eigenvalue weighted by molar-refractivity contribution is 0.309. The normalized spacial score (nSPS) is 10.6. The summed E-state index contributed by atoms with van der Waals surface area (Å²) in [4.78, 5) is 11.9. The van der Waals surface area contributed by atoms with Crippen LogP contribution >= 0.6 is 15.9 Å². The van der Waals surface area contributed by atoms with Crippen molar-refractivity contribution in [3.05, 3.63) is 56.7 Å². The summed E-state index contributed by atoms with van der Waals surface area (Å²) in [5.41, 5.74) is 5.41. The van der Waals surface area contributed by atoms with Crippen molar-refractivity contribution in [2.24, 2.45) is 5.73 Å². The molecule has 0 aliphatic heterocycles. The molecular weight excluding hydrogens is 341 g/mol. The van der Waals surface area contributed by atoms with Crippen LogP contribution in [0.3, 0.4) is 0 Å². The number of halogens is 2. The Morgan fingerprint density at radius 2 is 2.19 bits per heavy atom. The zero-order valence-electron chi connectivity index (χ0n) is 11.3. The lowest BCUT2D eigenvalue weighted by Gasteiger charge is -2.08. The monoisotopic (exact) mass is 355 g/mol. The minimum atomic E-state index is -0.388. The maximum absolute atomic E-state index is 13.7. The Balaban J connectivity index is 2.12. The number of hydrogen-bond donors (Lipinski definition) is 1. The minimum Gasteiger partial charge on any atom is -0.492 e. The quantitative estimate of drug-likeness (QED) is 0.803. The molecule has 0 fully saturated rings. The van der Waals surface area contributed by atoms with Gasteiger partial charge in [-0.25, -0.2) is 9.07 Å². The van der Waals surface area contributed by atoms with Crippen LogP contribution < -0.4 is 16.0 Å². The molecule has 0 radical (unpaired) electrons. The smallest absolute Gasteiger partial charge is 0.270 e. The first kappa shape index (κ1) is 15.7. The third kappa shape index (κ3) is 4.37. The largest absolute Gasteiger partial charge is 0.492 e. The summed E-state index contributed by atoms with van der Waals surface area (Å²) in [6.07, 6.45) is 2.14. The van der Waals surface area contributed by atoms with Gasteiger partial charge in [-0.2, -0.15) is 5.10 Å². The fourth-order valence-electron chi connectivity index (χ4n) is 1.70. The van der Waals surface area contributed by atoms with Crippen LogP contribution in [-0.2, 0) is 6.54 Å². The van der Waals surface area contributed by atoms with Crippen LogP contribution in [0.15, 0.2) is 39.7 Å². The van der Waals surface area contributed by atoms with E-state index in [2.05, 4.69) is 21.0 Å². The summed E-state index contributed by atoms with van der Waals surface area (Å²) in [5.74, 6) is 0.00215. The molecule has 1 heterocycles. The fourth-order valence-corrected chi connectivity index (χ4v) is 2.03. The number of benzene rings is 1. The van der Waals surface area contributed by atoms with Crippen molar-refractivity contribution in [1.29, 1.82) is 0 Å². The minimum absolute atomic E-state index is 0.0705. The molecule has 7 heteroatoms. The third-order valence-electron chi connectivity index (χ3n) is 2.80. The summed E-state index contributed by atoms with van der Waals surface area (Å²) < 4.78 is 20.9. The molecule has 0 saturated heterocycles. The molecule has 0 spiro atoms. The molecule has 0 unspecified atom stereocenters. The molecule has 0 atom stereocenters. The fraction of sp³-hybridized carbons (Fsp3) is 0.286. The van der Waals surface area contributed by atoms with E-state index >= 15 is 0 Å². The SMILES string of the molecule is NCCCOc1cnn(Cc2ccc(Br)cc2F)c(=O)c1. The van der Waals surface area contributed by atoms with E-state index in [1.54, 1.807) is 12.1 Å². The Bertz CT molecular complexity index is 676. The number of aromatic nitrogens is 2. The van der Waals surface area contributed by atoms with Gasteiger partial charge in [-0.1, -0.05) is 22.0 Å². The zero-order chi connectivity index (χ0) is 15.2. The molecule has 2 N–H and O–H groups in total. The molecule has 21 heavy (non-hydrogen) atoms. The molecule has 0 bridgehead atoms. The first-order valence-electron chi connectivity index (χ1n) is 6.44. The predicted molar refractivity (Wildman–Crippen MR) is 80.9 cm³/mol. The average Bonchev–Trinajstić information content (AvgIpc) is 2.44. The second kappa shape index (κ2) is 7.33. The Hall–Kier alpha value is -1.73. The zero-order valence-corrected chi connectivity index (χ0v) is 12.8. The first-order valence-corrected chi connectivity index (χ1v) is 7.23. The number of nitrogens with zero attached hydrogens (tertiary/aromatic N) is 2. The molecule has 0 aliphatic carbocycles. The van der Waals surface area contributed by atoms with E-state index in [0.29, 0.717) is 35.4 Å². The highest BCUT2D eigenvalue weighted by Crippen LogP contribution is 2.15. The molecule has 5 nitrogen and oxygen atoms in total. The Morgan fingerprint density at radius 3 is 2.86 bits per heavy atom. The van der Waals surface area contributed by atoms with Crippen molar-refractivity contribution in [1.82, 2.24) is 9.78 Å². The number of nitrogens with two attached hydrogens (primary N) is 1. The highest BCUT2D eigenvalue weighted by molar-refractivity contribution is 9.10. The molecule has 112 valence electrons. The average molecular weight is 356 g/mol. The lowest BCUT2D eigenvalue weighted by Crippen LogP contribution is -2.23. The van der Waals surface area contributed by atoms with E-state index in [4.69, 9.17) is 10.5 Å². The lowest BCUT2D eigenvalue weighted by atomic mass is 10.2. The Labute approximate surface area is 129 Å². The van der Waals surface area contributed by atoms with Gasteiger partial charge < -0.3 is 10.5 Å². The van der Waals surface area contributed by atoms with Gasteiger partial charge in [0.1, 0.15) is 11.6 Å². The van der Waals surface area contributed by atoms with Gasteiger partial charge in [-0.3, -0.25) is 4.79 Å².